The lowest BCUT2D eigenvalue weighted by molar-refractivity contribution is 1.16. The van der Waals surface area contributed by atoms with Gasteiger partial charge in [-0.3, -0.25) is 15.0 Å². The van der Waals surface area contributed by atoms with Crippen LogP contribution in [0.3, 0.4) is 0 Å². The van der Waals surface area contributed by atoms with Gasteiger partial charge in [-0.15, -0.1) is 0 Å². The van der Waals surface area contributed by atoms with Crippen molar-refractivity contribution in [1.82, 2.24) is 33.6 Å². The molecule has 0 saturated carbocycles. The van der Waals surface area contributed by atoms with Crippen molar-refractivity contribution >= 4 is 65.5 Å². The van der Waals surface area contributed by atoms with Crippen LogP contribution < -0.4 is 0 Å². The lowest BCUT2D eigenvalue weighted by Crippen LogP contribution is -1.98. The zero-order chi connectivity index (χ0) is 45.4. The van der Waals surface area contributed by atoms with Crippen LogP contribution in [0.15, 0.2) is 237 Å². The van der Waals surface area contributed by atoms with Crippen LogP contribution in [0.5, 0.6) is 0 Å². The second-order valence-electron chi connectivity index (χ2n) is 17.5. The van der Waals surface area contributed by atoms with Crippen molar-refractivity contribution < 1.29 is 0 Å². The van der Waals surface area contributed by atoms with E-state index in [0.717, 1.165) is 111 Å². The van der Waals surface area contributed by atoms with Crippen LogP contribution in [0.25, 0.3) is 128 Å². The van der Waals surface area contributed by atoms with Crippen LogP contribution in [0, 0.1) is 0 Å². The Labute approximate surface area is 396 Å². The summed E-state index contributed by atoms with van der Waals surface area (Å²) in [5.74, 6) is 0. The van der Waals surface area contributed by atoms with E-state index in [1.54, 1.807) is 0 Å². The molecule has 8 aromatic carbocycles. The second-order valence-corrected chi connectivity index (χ2v) is 17.5. The van der Waals surface area contributed by atoms with Crippen molar-refractivity contribution in [3.63, 3.8) is 0 Å². The molecule has 7 nitrogen and oxygen atoms in total. The first-order valence-electron chi connectivity index (χ1n) is 23.2. The van der Waals surface area contributed by atoms with Crippen LogP contribution >= 0.6 is 0 Å². The van der Waals surface area contributed by atoms with Gasteiger partial charge >= 0.3 is 0 Å². The lowest BCUT2D eigenvalue weighted by atomic mass is 10.1. The van der Waals surface area contributed by atoms with Crippen LogP contribution in [0.2, 0.25) is 0 Å². The molecule has 0 amide bonds. The Hall–Kier alpha value is -9.46. The normalized spacial score (nSPS) is 11.8. The van der Waals surface area contributed by atoms with Crippen LogP contribution in [0.4, 0.5) is 0 Å². The van der Waals surface area contributed by atoms with Crippen molar-refractivity contribution in [2.45, 2.75) is 0 Å². The van der Waals surface area contributed by atoms with Crippen LogP contribution in [0.1, 0.15) is 0 Å². The maximum absolute atomic E-state index is 5.17. The molecule has 6 heterocycles. The summed E-state index contributed by atoms with van der Waals surface area (Å²) < 4.78 is 7.03. The molecule has 0 aliphatic carbocycles. The number of para-hydroxylation sites is 3. The molecule has 0 radical (unpaired) electrons. The minimum atomic E-state index is 0.807. The number of hydrogen-bond acceptors (Lipinski definition) is 4. The highest BCUT2D eigenvalue weighted by Crippen LogP contribution is 2.40. The maximum atomic E-state index is 5.17. The SMILES string of the molecule is c1ccc(-c2cc(-n3c4ccccc4c4cc(-c5cnc(-c6ccc7c8ccccc8n(-c8ccc9c(c8)c8ncccc8n9-c8ccccc8)c7c6)cn5)ccc43)cc(-c3ccccc3)n2)cc1. The van der Waals surface area contributed by atoms with E-state index in [4.69, 9.17) is 19.9 Å². The van der Waals surface area contributed by atoms with Crippen LogP contribution in [-0.2, 0) is 0 Å². The summed E-state index contributed by atoms with van der Waals surface area (Å²) in [4.78, 5) is 20.2. The van der Waals surface area contributed by atoms with Crippen molar-refractivity contribution in [2.24, 2.45) is 0 Å². The topological polar surface area (TPSA) is 66.3 Å². The van der Waals surface area contributed by atoms with E-state index in [1.165, 1.54) is 16.2 Å². The first-order chi connectivity index (χ1) is 34.2. The molecule has 7 heteroatoms. The van der Waals surface area contributed by atoms with Gasteiger partial charge in [-0.05, 0) is 84.9 Å². The van der Waals surface area contributed by atoms with Crippen LogP contribution in [-0.4, -0.2) is 33.6 Å². The van der Waals surface area contributed by atoms with Gasteiger partial charge in [0.2, 0.25) is 0 Å². The van der Waals surface area contributed by atoms with Gasteiger partial charge < -0.3 is 13.7 Å². The molecular weight excluding hydrogens is 843 g/mol. The van der Waals surface area contributed by atoms with E-state index in [0.29, 0.717) is 0 Å². The van der Waals surface area contributed by atoms with Gasteiger partial charge in [0.15, 0.2) is 0 Å². The summed E-state index contributed by atoms with van der Waals surface area (Å²) >= 11 is 0. The van der Waals surface area contributed by atoms with Crippen molar-refractivity contribution in [1.29, 1.82) is 0 Å². The maximum Gasteiger partial charge on any atom is 0.0964 e. The number of aromatic nitrogens is 7. The van der Waals surface area contributed by atoms with E-state index in [1.807, 2.05) is 36.8 Å². The molecule has 0 fully saturated rings. The Kier molecular flexibility index (Phi) is 8.75. The lowest BCUT2D eigenvalue weighted by Gasteiger charge is -2.13. The van der Waals surface area contributed by atoms with E-state index >= 15 is 0 Å². The molecule has 0 unspecified atom stereocenters. The Morgan fingerprint density at radius 2 is 0.768 bits per heavy atom. The number of nitrogens with zero attached hydrogens (tertiary/aromatic N) is 7. The summed E-state index contributed by atoms with van der Waals surface area (Å²) in [5, 5.41) is 5.78. The molecule has 14 aromatic rings. The predicted molar refractivity (Wildman–Crippen MR) is 282 cm³/mol. The van der Waals surface area contributed by atoms with Crippen molar-refractivity contribution in [2.75, 3.05) is 0 Å². The minimum absolute atomic E-state index is 0.807. The Balaban J connectivity index is 0.857. The number of rotatable bonds is 7. The zero-order valence-corrected chi connectivity index (χ0v) is 37.1. The number of pyridine rings is 2. The zero-order valence-electron chi connectivity index (χ0n) is 37.1. The van der Waals surface area contributed by atoms with Gasteiger partial charge in [0.05, 0.1) is 79.5 Å². The Bertz CT molecular complexity index is 4230. The largest absolute Gasteiger partial charge is 0.309 e. The van der Waals surface area contributed by atoms with Crippen molar-refractivity contribution in [3.8, 4) is 62.1 Å². The third-order valence-electron chi connectivity index (χ3n) is 13.6. The molecule has 14 rings (SSSR count). The predicted octanol–water partition coefficient (Wildman–Crippen LogP) is 15.2. The van der Waals surface area contributed by atoms with E-state index < -0.39 is 0 Å². The second kappa shape index (κ2) is 15.6. The fourth-order valence-corrected chi connectivity index (χ4v) is 10.4. The fourth-order valence-electron chi connectivity index (χ4n) is 10.4. The molecule has 0 saturated heterocycles. The molecule has 6 aromatic heterocycles. The molecule has 0 atom stereocenters. The molecule has 69 heavy (non-hydrogen) atoms. The number of benzene rings is 8. The van der Waals surface area contributed by atoms with Crippen molar-refractivity contribution in [3.05, 3.63) is 237 Å². The third-order valence-corrected chi connectivity index (χ3v) is 13.6. The molecule has 0 N–H and O–H groups in total. The molecular formula is C62H39N7. The first-order valence-corrected chi connectivity index (χ1v) is 23.2. The Morgan fingerprint density at radius 1 is 0.261 bits per heavy atom. The molecule has 0 aliphatic heterocycles. The smallest absolute Gasteiger partial charge is 0.0964 e. The summed E-state index contributed by atoms with van der Waals surface area (Å²) in [6.07, 6.45) is 5.69. The Morgan fingerprint density at radius 3 is 1.45 bits per heavy atom. The fraction of sp³-hybridized carbons (Fsp3) is 0. The van der Waals surface area contributed by atoms with E-state index in [9.17, 15) is 0 Å². The van der Waals surface area contributed by atoms with Gasteiger partial charge in [0.25, 0.3) is 0 Å². The number of hydrogen-bond donors (Lipinski definition) is 0. The summed E-state index contributed by atoms with van der Waals surface area (Å²) in [6.45, 7) is 0. The minimum Gasteiger partial charge on any atom is -0.309 e. The summed E-state index contributed by atoms with van der Waals surface area (Å²) in [7, 11) is 0. The van der Waals surface area contributed by atoms with Gasteiger partial charge in [0, 0.05) is 66.8 Å². The number of fused-ring (bicyclic) bond motifs is 9. The summed E-state index contributed by atoms with van der Waals surface area (Å²) in [5.41, 5.74) is 18.5. The first kappa shape index (κ1) is 38.8. The average Bonchev–Trinajstić information content (AvgIpc) is 4.06. The highest BCUT2D eigenvalue weighted by Gasteiger charge is 2.20. The molecule has 322 valence electrons. The molecule has 0 aliphatic rings. The standard InChI is InChI=1S/C62H39N7/c1-4-15-40(16-5-1)52-36-46(37-53(66-52)41-17-6-2-7-18-41)69-57-24-13-11-22-48(57)50-33-42(27-30-58(50)69)54-38-65-55(39-64-54)43-26-29-49-47-21-10-12-23-56(47)68(61(49)34-43)45-28-31-59-51(35-45)62-60(25-14-32-63-62)67(59)44-19-8-3-9-20-44/h1-39H. The van der Waals surface area contributed by atoms with Gasteiger partial charge in [0.1, 0.15) is 0 Å². The quantitative estimate of drug-likeness (QED) is 0.160. The molecule has 0 bridgehead atoms. The monoisotopic (exact) mass is 881 g/mol. The van der Waals surface area contributed by atoms with E-state index in [-0.39, 0.29) is 0 Å². The van der Waals surface area contributed by atoms with Gasteiger partial charge in [-0.25, -0.2) is 4.98 Å². The van der Waals surface area contributed by atoms with E-state index in [2.05, 4.69) is 214 Å². The summed E-state index contributed by atoms with van der Waals surface area (Å²) in [6, 6.07) is 77.2. The highest BCUT2D eigenvalue weighted by molar-refractivity contribution is 6.13. The van der Waals surface area contributed by atoms with Gasteiger partial charge in [-0.2, -0.15) is 0 Å². The average molecular weight is 882 g/mol. The highest BCUT2D eigenvalue weighted by atomic mass is 15.0. The third kappa shape index (κ3) is 6.29. The van der Waals surface area contributed by atoms with Gasteiger partial charge in [-0.1, -0.05) is 133 Å². The molecule has 0 spiro atoms.